The number of carboxylic acids is 1. The molecule has 0 radical (unpaired) electrons. The van der Waals surface area contributed by atoms with Crippen LogP contribution in [0.4, 0.5) is 4.79 Å². The van der Waals surface area contributed by atoms with Gasteiger partial charge >= 0.3 is 12.0 Å². The molecular formula is C19H29N3O3. The van der Waals surface area contributed by atoms with Crippen molar-refractivity contribution in [3.8, 4) is 0 Å². The minimum atomic E-state index is -0.920. The van der Waals surface area contributed by atoms with Crippen LogP contribution in [0.3, 0.4) is 0 Å². The van der Waals surface area contributed by atoms with Crippen LogP contribution in [0, 0.1) is 0 Å². The van der Waals surface area contributed by atoms with E-state index in [0.29, 0.717) is 12.6 Å². The molecule has 138 valence electrons. The van der Waals surface area contributed by atoms with Crippen LogP contribution in [0.5, 0.6) is 0 Å². The molecule has 1 saturated carbocycles. The van der Waals surface area contributed by atoms with Crippen molar-refractivity contribution in [1.29, 1.82) is 0 Å². The van der Waals surface area contributed by atoms with Crippen molar-refractivity contribution in [3.05, 3.63) is 35.4 Å². The first-order valence-corrected chi connectivity index (χ1v) is 9.07. The van der Waals surface area contributed by atoms with Crippen LogP contribution in [0.2, 0.25) is 0 Å². The van der Waals surface area contributed by atoms with Crippen LogP contribution in [0.15, 0.2) is 24.3 Å². The summed E-state index contributed by atoms with van der Waals surface area (Å²) < 4.78 is 0. The number of carbonyl (C=O) groups excluding carboxylic acids is 1. The first-order chi connectivity index (χ1) is 12.1. The summed E-state index contributed by atoms with van der Waals surface area (Å²) in [7, 11) is 2.18. The topological polar surface area (TPSA) is 81.7 Å². The lowest BCUT2D eigenvalue weighted by Gasteiger charge is -2.31. The summed E-state index contributed by atoms with van der Waals surface area (Å²) in [5.41, 5.74) is 2.32. The minimum absolute atomic E-state index is 0.0732. The summed E-state index contributed by atoms with van der Waals surface area (Å²) in [4.78, 5) is 24.6. The quantitative estimate of drug-likeness (QED) is 0.675. The fraction of sp³-hybridized carbons (Fsp3) is 0.579. The normalized spacial score (nSPS) is 15.1. The van der Waals surface area contributed by atoms with Gasteiger partial charge in [-0.05, 0) is 31.0 Å². The molecular weight excluding hydrogens is 318 g/mol. The second-order valence-electron chi connectivity index (χ2n) is 6.73. The molecule has 0 aromatic heterocycles. The van der Waals surface area contributed by atoms with Gasteiger partial charge in [-0.1, -0.05) is 43.5 Å². The molecule has 1 fully saturated rings. The number of urea groups is 1. The highest BCUT2D eigenvalue weighted by Crippen LogP contribution is 2.23. The van der Waals surface area contributed by atoms with Crippen molar-refractivity contribution in [3.63, 3.8) is 0 Å². The maximum Gasteiger partial charge on any atom is 0.315 e. The lowest BCUT2D eigenvalue weighted by molar-refractivity contribution is -0.136. The summed E-state index contributed by atoms with van der Waals surface area (Å²) in [6.45, 7) is 1.45. The van der Waals surface area contributed by atoms with E-state index in [1.54, 1.807) is 0 Å². The average molecular weight is 347 g/mol. The van der Waals surface area contributed by atoms with E-state index in [1.807, 2.05) is 18.2 Å². The van der Waals surface area contributed by atoms with Crippen molar-refractivity contribution in [2.24, 2.45) is 0 Å². The van der Waals surface area contributed by atoms with E-state index in [-0.39, 0.29) is 19.0 Å². The molecule has 6 nitrogen and oxygen atoms in total. The van der Waals surface area contributed by atoms with Gasteiger partial charge in [-0.25, -0.2) is 4.79 Å². The van der Waals surface area contributed by atoms with Gasteiger partial charge in [-0.2, -0.15) is 0 Å². The van der Waals surface area contributed by atoms with Crippen LogP contribution in [0.1, 0.15) is 49.7 Å². The molecule has 1 aromatic rings. The third kappa shape index (κ3) is 6.74. The van der Waals surface area contributed by atoms with Crippen LogP contribution in [0.25, 0.3) is 0 Å². The highest BCUT2D eigenvalue weighted by atomic mass is 16.4. The zero-order valence-electron chi connectivity index (χ0n) is 15.0. The van der Waals surface area contributed by atoms with E-state index in [4.69, 9.17) is 5.11 Å². The summed E-state index contributed by atoms with van der Waals surface area (Å²) in [5.74, 6) is -0.920. The largest absolute Gasteiger partial charge is 0.481 e. The van der Waals surface area contributed by atoms with Crippen molar-refractivity contribution in [2.45, 2.75) is 57.7 Å². The highest BCUT2D eigenvalue weighted by Gasteiger charge is 2.18. The van der Waals surface area contributed by atoms with Gasteiger partial charge < -0.3 is 15.7 Å². The summed E-state index contributed by atoms with van der Waals surface area (Å²) in [5, 5.41) is 13.9. The molecule has 0 bridgehead atoms. The molecule has 0 unspecified atom stereocenters. The minimum Gasteiger partial charge on any atom is -0.481 e. The van der Waals surface area contributed by atoms with E-state index in [1.165, 1.54) is 37.7 Å². The van der Waals surface area contributed by atoms with E-state index in [0.717, 1.165) is 12.1 Å². The Morgan fingerprint density at radius 3 is 2.48 bits per heavy atom. The van der Waals surface area contributed by atoms with E-state index in [2.05, 4.69) is 28.6 Å². The molecule has 0 aliphatic heterocycles. The summed E-state index contributed by atoms with van der Waals surface area (Å²) in [6, 6.07) is 8.45. The Kier molecular flexibility index (Phi) is 7.73. The van der Waals surface area contributed by atoms with Gasteiger partial charge in [-0.15, -0.1) is 0 Å². The number of carbonyl (C=O) groups is 2. The van der Waals surface area contributed by atoms with Crippen molar-refractivity contribution < 1.29 is 14.7 Å². The molecule has 6 heteroatoms. The van der Waals surface area contributed by atoms with Gasteiger partial charge in [-0.3, -0.25) is 9.69 Å². The number of carboxylic acid groups (broad SMARTS) is 1. The molecule has 2 rings (SSSR count). The van der Waals surface area contributed by atoms with E-state index < -0.39 is 5.97 Å². The first kappa shape index (κ1) is 19.2. The molecule has 2 amide bonds. The number of aliphatic carboxylic acids is 1. The molecule has 0 spiro atoms. The van der Waals surface area contributed by atoms with Crippen LogP contribution >= 0.6 is 0 Å². The third-order valence-corrected chi connectivity index (χ3v) is 4.80. The second-order valence-corrected chi connectivity index (χ2v) is 6.73. The van der Waals surface area contributed by atoms with Gasteiger partial charge in [0, 0.05) is 25.7 Å². The van der Waals surface area contributed by atoms with Gasteiger partial charge in [0.25, 0.3) is 0 Å². The molecule has 0 saturated heterocycles. The van der Waals surface area contributed by atoms with Crippen LogP contribution in [-0.2, 0) is 17.9 Å². The van der Waals surface area contributed by atoms with Gasteiger partial charge in [0.05, 0.1) is 6.42 Å². The average Bonchev–Trinajstić information content (AvgIpc) is 2.61. The first-order valence-electron chi connectivity index (χ1n) is 9.07. The lowest BCUT2D eigenvalue weighted by Crippen LogP contribution is -2.37. The molecule has 1 aliphatic carbocycles. The Labute approximate surface area is 149 Å². The Bertz CT molecular complexity index is 571. The number of nitrogens with one attached hydrogen (secondary N) is 2. The zero-order chi connectivity index (χ0) is 18.1. The molecule has 3 N–H and O–H groups in total. The predicted octanol–water partition coefficient (Wildman–Crippen LogP) is 2.73. The standard InChI is InChI=1S/C19H29N3O3/c1-22(17-9-3-2-4-10-17)14-16-8-6-5-7-15(16)13-21-19(25)20-12-11-18(23)24/h5-8,17H,2-4,9-14H2,1H3,(H,23,24)(H2,20,21,25). The second kappa shape index (κ2) is 10.0. The fourth-order valence-electron chi connectivity index (χ4n) is 3.32. The molecule has 0 heterocycles. The number of hydrogen-bond donors (Lipinski definition) is 3. The molecule has 0 atom stereocenters. The van der Waals surface area contributed by atoms with Crippen molar-refractivity contribution in [1.82, 2.24) is 15.5 Å². The molecule has 25 heavy (non-hydrogen) atoms. The monoisotopic (exact) mass is 347 g/mol. The van der Waals surface area contributed by atoms with Crippen LogP contribution < -0.4 is 10.6 Å². The Balaban J connectivity index is 1.84. The Morgan fingerprint density at radius 1 is 1.12 bits per heavy atom. The number of benzene rings is 1. The third-order valence-electron chi connectivity index (χ3n) is 4.80. The zero-order valence-corrected chi connectivity index (χ0v) is 15.0. The number of amides is 2. The fourth-order valence-corrected chi connectivity index (χ4v) is 3.32. The van der Waals surface area contributed by atoms with E-state index >= 15 is 0 Å². The summed E-state index contributed by atoms with van der Waals surface area (Å²) in [6.07, 6.45) is 6.44. The Hall–Kier alpha value is -2.08. The van der Waals surface area contributed by atoms with Crippen LogP contribution in [-0.4, -0.2) is 41.6 Å². The SMILES string of the molecule is CN(Cc1ccccc1CNC(=O)NCCC(=O)O)C1CCCCC1. The smallest absolute Gasteiger partial charge is 0.315 e. The highest BCUT2D eigenvalue weighted by molar-refractivity contribution is 5.75. The van der Waals surface area contributed by atoms with Gasteiger partial charge in [0.15, 0.2) is 0 Å². The number of rotatable bonds is 8. The number of hydrogen-bond acceptors (Lipinski definition) is 3. The molecule has 1 aliphatic rings. The summed E-state index contributed by atoms with van der Waals surface area (Å²) >= 11 is 0. The van der Waals surface area contributed by atoms with E-state index in [9.17, 15) is 9.59 Å². The maximum absolute atomic E-state index is 11.8. The molecule has 1 aromatic carbocycles. The number of nitrogens with zero attached hydrogens (tertiary/aromatic N) is 1. The predicted molar refractivity (Wildman–Crippen MR) is 97.3 cm³/mol. The Morgan fingerprint density at radius 2 is 1.80 bits per heavy atom. The van der Waals surface area contributed by atoms with Gasteiger partial charge in [0.1, 0.15) is 0 Å². The van der Waals surface area contributed by atoms with Crippen molar-refractivity contribution in [2.75, 3.05) is 13.6 Å². The lowest BCUT2D eigenvalue weighted by atomic mass is 9.94. The maximum atomic E-state index is 11.8. The van der Waals surface area contributed by atoms with Crippen molar-refractivity contribution >= 4 is 12.0 Å². The van der Waals surface area contributed by atoms with Gasteiger partial charge in [0.2, 0.25) is 0 Å².